The van der Waals surface area contributed by atoms with Crippen molar-refractivity contribution >= 4 is 27.3 Å². The molecule has 3 N–H and O–H groups in total. The monoisotopic (exact) mass is 298 g/mol. The first-order valence-electron chi connectivity index (χ1n) is 6.03. The summed E-state index contributed by atoms with van der Waals surface area (Å²) >= 11 is 3.54. The Hall–Kier alpha value is -0.700. The van der Waals surface area contributed by atoms with E-state index in [0.29, 0.717) is 5.92 Å². The number of nitrogens with two attached hydrogens (primary N) is 1. The van der Waals surface area contributed by atoms with Gasteiger partial charge in [0.1, 0.15) is 0 Å². The molecule has 1 rings (SSSR count). The Bertz CT molecular complexity index is 397. The van der Waals surface area contributed by atoms with Crippen molar-refractivity contribution in [2.75, 3.05) is 17.6 Å². The number of rotatable bonds is 4. The number of nitrogens with one attached hydrogen (secondary N) is 1. The lowest BCUT2D eigenvalue weighted by Crippen LogP contribution is -2.28. The van der Waals surface area contributed by atoms with E-state index in [4.69, 9.17) is 5.73 Å². The molecule has 17 heavy (non-hydrogen) atoms. The summed E-state index contributed by atoms with van der Waals surface area (Å²) in [6.07, 6.45) is 0. The Morgan fingerprint density at radius 3 is 2.47 bits per heavy atom. The van der Waals surface area contributed by atoms with Crippen LogP contribution in [-0.4, -0.2) is 6.54 Å². The zero-order valence-corrected chi connectivity index (χ0v) is 13.0. The van der Waals surface area contributed by atoms with E-state index in [1.165, 1.54) is 0 Å². The highest BCUT2D eigenvalue weighted by atomic mass is 79.9. The first-order chi connectivity index (χ1) is 7.74. The van der Waals surface area contributed by atoms with E-state index >= 15 is 0 Å². The van der Waals surface area contributed by atoms with E-state index in [0.717, 1.165) is 28.0 Å². The average Bonchev–Trinajstić information content (AvgIpc) is 2.21. The summed E-state index contributed by atoms with van der Waals surface area (Å²) in [5.41, 5.74) is 9.18. The smallest absolute Gasteiger partial charge is 0.0489 e. The minimum atomic E-state index is 0.273. The van der Waals surface area contributed by atoms with Gasteiger partial charge in [-0.25, -0.2) is 0 Å². The van der Waals surface area contributed by atoms with Crippen molar-refractivity contribution < 1.29 is 0 Å². The second kappa shape index (κ2) is 5.30. The SMILES string of the molecule is Cc1cc(NCC(C)(C)C(C)C)c(Br)cc1N. The number of aryl methyl sites for hydroxylation is 1. The molecular formula is C14H23BrN2. The molecule has 3 heteroatoms. The Kier molecular flexibility index (Phi) is 4.48. The molecule has 0 bridgehead atoms. The second-order valence-corrected chi connectivity index (χ2v) is 6.54. The highest BCUT2D eigenvalue weighted by molar-refractivity contribution is 9.10. The van der Waals surface area contributed by atoms with Gasteiger partial charge in [-0.05, 0) is 51.9 Å². The van der Waals surface area contributed by atoms with E-state index in [-0.39, 0.29) is 5.41 Å². The molecule has 0 aliphatic heterocycles. The van der Waals surface area contributed by atoms with E-state index < -0.39 is 0 Å². The highest BCUT2D eigenvalue weighted by Crippen LogP contribution is 2.31. The minimum Gasteiger partial charge on any atom is -0.398 e. The average molecular weight is 299 g/mol. The number of halogens is 1. The fourth-order valence-electron chi connectivity index (χ4n) is 1.36. The molecule has 1 aromatic rings. The van der Waals surface area contributed by atoms with E-state index in [1.807, 2.05) is 13.0 Å². The van der Waals surface area contributed by atoms with Crippen LogP contribution in [0.25, 0.3) is 0 Å². The van der Waals surface area contributed by atoms with Crippen molar-refractivity contribution in [2.24, 2.45) is 11.3 Å². The summed E-state index contributed by atoms with van der Waals surface area (Å²) in [6, 6.07) is 4.05. The molecule has 0 spiro atoms. The molecule has 0 fully saturated rings. The summed E-state index contributed by atoms with van der Waals surface area (Å²) in [7, 11) is 0. The maximum absolute atomic E-state index is 5.86. The third kappa shape index (κ3) is 3.63. The fourth-order valence-corrected chi connectivity index (χ4v) is 1.86. The van der Waals surface area contributed by atoms with Crippen LogP contribution in [0.5, 0.6) is 0 Å². The molecule has 0 aliphatic carbocycles. The van der Waals surface area contributed by atoms with Crippen LogP contribution in [0.15, 0.2) is 16.6 Å². The first-order valence-corrected chi connectivity index (χ1v) is 6.83. The first kappa shape index (κ1) is 14.4. The van der Waals surface area contributed by atoms with Crippen molar-refractivity contribution in [3.8, 4) is 0 Å². The van der Waals surface area contributed by atoms with Crippen LogP contribution in [0, 0.1) is 18.3 Å². The van der Waals surface area contributed by atoms with Crippen molar-refractivity contribution in [1.29, 1.82) is 0 Å². The lowest BCUT2D eigenvalue weighted by molar-refractivity contribution is 0.269. The molecule has 0 heterocycles. The van der Waals surface area contributed by atoms with Crippen LogP contribution in [0.1, 0.15) is 33.3 Å². The van der Waals surface area contributed by atoms with Gasteiger partial charge >= 0.3 is 0 Å². The summed E-state index contributed by atoms with van der Waals surface area (Å²) in [5, 5.41) is 3.50. The summed E-state index contributed by atoms with van der Waals surface area (Å²) in [5.74, 6) is 0.642. The summed E-state index contributed by atoms with van der Waals surface area (Å²) in [6.45, 7) is 12.1. The Morgan fingerprint density at radius 1 is 1.35 bits per heavy atom. The molecular weight excluding hydrogens is 276 g/mol. The molecule has 0 aromatic heterocycles. The van der Waals surface area contributed by atoms with Gasteiger partial charge in [0, 0.05) is 22.4 Å². The molecule has 1 aromatic carbocycles. The molecule has 0 unspecified atom stereocenters. The molecule has 0 amide bonds. The van der Waals surface area contributed by atoms with E-state index in [1.54, 1.807) is 0 Å². The summed E-state index contributed by atoms with van der Waals surface area (Å²) < 4.78 is 1.03. The predicted octanol–water partition coefficient (Wildman–Crippen LogP) is 4.43. The Balaban J connectivity index is 2.80. The largest absolute Gasteiger partial charge is 0.398 e. The second-order valence-electron chi connectivity index (χ2n) is 5.69. The summed E-state index contributed by atoms with van der Waals surface area (Å²) in [4.78, 5) is 0. The van der Waals surface area contributed by atoms with Crippen LogP contribution >= 0.6 is 15.9 Å². The number of benzene rings is 1. The van der Waals surface area contributed by atoms with E-state index in [2.05, 4.69) is 55.0 Å². The van der Waals surface area contributed by atoms with Crippen LogP contribution in [-0.2, 0) is 0 Å². The maximum atomic E-state index is 5.86. The molecule has 96 valence electrons. The molecule has 2 nitrogen and oxygen atoms in total. The van der Waals surface area contributed by atoms with Gasteiger partial charge in [0.2, 0.25) is 0 Å². The van der Waals surface area contributed by atoms with Crippen molar-refractivity contribution in [3.63, 3.8) is 0 Å². The van der Waals surface area contributed by atoms with Gasteiger partial charge in [-0.2, -0.15) is 0 Å². The Morgan fingerprint density at radius 2 is 1.94 bits per heavy atom. The highest BCUT2D eigenvalue weighted by Gasteiger charge is 2.22. The predicted molar refractivity (Wildman–Crippen MR) is 80.4 cm³/mol. The van der Waals surface area contributed by atoms with Crippen LogP contribution in [0.4, 0.5) is 11.4 Å². The number of nitrogen functional groups attached to an aromatic ring is 1. The van der Waals surface area contributed by atoms with Crippen molar-refractivity contribution in [2.45, 2.75) is 34.6 Å². The molecule has 0 saturated carbocycles. The normalized spacial score (nSPS) is 11.9. The zero-order valence-electron chi connectivity index (χ0n) is 11.4. The zero-order chi connectivity index (χ0) is 13.2. The number of anilines is 2. The quantitative estimate of drug-likeness (QED) is 0.807. The van der Waals surface area contributed by atoms with Crippen molar-refractivity contribution in [1.82, 2.24) is 0 Å². The van der Waals surface area contributed by atoms with Gasteiger partial charge in [-0.15, -0.1) is 0 Å². The van der Waals surface area contributed by atoms with Gasteiger partial charge < -0.3 is 11.1 Å². The van der Waals surface area contributed by atoms with Gasteiger partial charge in [-0.3, -0.25) is 0 Å². The molecule has 0 atom stereocenters. The topological polar surface area (TPSA) is 38.0 Å². The van der Waals surface area contributed by atoms with Gasteiger partial charge in [0.25, 0.3) is 0 Å². The lowest BCUT2D eigenvalue weighted by atomic mass is 9.81. The van der Waals surface area contributed by atoms with Crippen LogP contribution < -0.4 is 11.1 Å². The number of hydrogen-bond donors (Lipinski definition) is 2. The minimum absolute atomic E-state index is 0.273. The molecule has 0 saturated heterocycles. The third-order valence-electron chi connectivity index (χ3n) is 3.65. The van der Waals surface area contributed by atoms with Gasteiger partial charge in [0.15, 0.2) is 0 Å². The van der Waals surface area contributed by atoms with Crippen molar-refractivity contribution in [3.05, 3.63) is 22.2 Å². The Labute approximate surface area is 113 Å². The molecule has 0 aliphatic rings. The van der Waals surface area contributed by atoms with Crippen LogP contribution in [0.3, 0.4) is 0 Å². The van der Waals surface area contributed by atoms with E-state index in [9.17, 15) is 0 Å². The maximum Gasteiger partial charge on any atom is 0.0489 e. The number of hydrogen-bond acceptors (Lipinski definition) is 2. The van der Waals surface area contributed by atoms with Gasteiger partial charge in [-0.1, -0.05) is 27.7 Å². The van der Waals surface area contributed by atoms with Crippen LogP contribution in [0.2, 0.25) is 0 Å². The standard InChI is InChI=1S/C14H23BrN2/c1-9(2)14(4,5)8-17-13-6-10(3)12(16)7-11(13)15/h6-7,9,17H,8,16H2,1-5H3. The third-order valence-corrected chi connectivity index (χ3v) is 4.31. The fraction of sp³-hybridized carbons (Fsp3) is 0.571. The lowest BCUT2D eigenvalue weighted by Gasteiger charge is -2.30. The molecule has 0 radical (unpaired) electrons. The van der Waals surface area contributed by atoms with Gasteiger partial charge in [0.05, 0.1) is 0 Å².